The minimum Gasteiger partial charge on any atom is -0.465 e. The van der Waals surface area contributed by atoms with Crippen LogP contribution in [0.5, 0.6) is 0 Å². The Hall–Kier alpha value is -1.69. The van der Waals surface area contributed by atoms with E-state index in [0.717, 1.165) is 5.56 Å². The van der Waals surface area contributed by atoms with Gasteiger partial charge in [-0.3, -0.25) is 9.59 Å². The Morgan fingerprint density at radius 2 is 1.79 bits per heavy atom. The molecule has 0 radical (unpaired) electrons. The highest BCUT2D eigenvalue weighted by molar-refractivity contribution is 9.10. The summed E-state index contributed by atoms with van der Waals surface area (Å²) in [7, 11) is 1.31. The first-order chi connectivity index (χ1) is 11.4. The van der Waals surface area contributed by atoms with Crippen molar-refractivity contribution in [2.24, 2.45) is 5.92 Å². The third kappa shape index (κ3) is 5.16. The number of Topliss-reactive ketones (excluding diaryl/α,β-unsaturated/α-hetero) is 1. The lowest BCUT2D eigenvalue weighted by atomic mass is 9.88. The van der Waals surface area contributed by atoms with Crippen molar-refractivity contribution < 1.29 is 19.1 Å². The number of benzene rings is 1. The number of carbonyl (C=O) groups excluding carboxylic acids is 3. The van der Waals surface area contributed by atoms with Gasteiger partial charge in [-0.15, -0.1) is 0 Å². The minimum absolute atomic E-state index is 0.103. The Morgan fingerprint density at radius 3 is 2.33 bits per heavy atom. The number of nitrogens with one attached hydrogen (secondary N) is 1. The molecule has 0 unspecified atom stereocenters. The van der Waals surface area contributed by atoms with Gasteiger partial charge in [-0.1, -0.05) is 13.8 Å². The zero-order valence-corrected chi connectivity index (χ0v) is 16.2. The maximum absolute atomic E-state index is 12.3. The molecule has 1 aromatic rings. The lowest BCUT2D eigenvalue weighted by molar-refractivity contribution is -0.125. The summed E-state index contributed by atoms with van der Waals surface area (Å²) in [5.41, 5.74) is 1.80. The van der Waals surface area contributed by atoms with Crippen molar-refractivity contribution in [3.05, 3.63) is 27.7 Å². The Balaban J connectivity index is 0.00000139. The van der Waals surface area contributed by atoms with Gasteiger partial charge in [-0.25, -0.2) is 4.79 Å². The fraction of sp³-hybridized carbons (Fsp3) is 0.500. The molecule has 1 N–H and O–H groups in total. The van der Waals surface area contributed by atoms with E-state index in [1.807, 2.05) is 20.8 Å². The number of aryl methyl sites for hydroxylation is 1. The van der Waals surface area contributed by atoms with Crippen LogP contribution in [-0.4, -0.2) is 24.8 Å². The van der Waals surface area contributed by atoms with Crippen LogP contribution >= 0.6 is 15.9 Å². The van der Waals surface area contributed by atoms with Crippen LogP contribution in [0, 0.1) is 12.8 Å². The molecule has 132 valence electrons. The standard InChI is InChI=1S/C16H18BrNO4.C2H6/c1-9-7-13(17)12(16(21)22-2)8-14(9)18-15(20)10-3-5-11(19)6-4-10;1-2/h7-8,10H,3-6H2,1-2H3,(H,18,20);1-2H3. The van der Waals surface area contributed by atoms with Gasteiger partial charge < -0.3 is 10.1 Å². The van der Waals surface area contributed by atoms with Crippen molar-refractivity contribution in [2.75, 3.05) is 12.4 Å². The summed E-state index contributed by atoms with van der Waals surface area (Å²) in [4.78, 5) is 35.3. The molecule has 1 amide bonds. The first-order valence-corrected chi connectivity index (χ1v) is 8.92. The molecule has 0 saturated heterocycles. The molecule has 2 rings (SSSR count). The van der Waals surface area contributed by atoms with E-state index in [0.29, 0.717) is 41.4 Å². The van der Waals surface area contributed by atoms with Crippen molar-refractivity contribution in [1.29, 1.82) is 0 Å². The largest absolute Gasteiger partial charge is 0.465 e. The molecule has 1 fully saturated rings. The lowest BCUT2D eigenvalue weighted by Gasteiger charge is -2.21. The molecule has 0 spiro atoms. The molecule has 0 aliphatic heterocycles. The first kappa shape index (κ1) is 20.4. The summed E-state index contributed by atoms with van der Waals surface area (Å²) in [5.74, 6) is -0.501. The number of hydrogen-bond donors (Lipinski definition) is 1. The number of carbonyl (C=O) groups is 3. The van der Waals surface area contributed by atoms with Gasteiger partial charge >= 0.3 is 5.97 Å². The summed E-state index contributed by atoms with van der Waals surface area (Å²) in [6.07, 6.45) is 2.10. The highest BCUT2D eigenvalue weighted by Crippen LogP contribution is 2.28. The molecule has 0 aromatic heterocycles. The summed E-state index contributed by atoms with van der Waals surface area (Å²) in [5, 5.41) is 2.86. The summed E-state index contributed by atoms with van der Waals surface area (Å²) in [6, 6.07) is 3.38. The molecule has 1 aliphatic rings. The Bertz CT molecular complexity index is 618. The van der Waals surface area contributed by atoms with E-state index in [-0.39, 0.29) is 17.6 Å². The molecule has 1 aliphatic carbocycles. The predicted octanol–water partition coefficient (Wildman–Crippen LogP) is 4.27. The van der Waals surface area contributed by atoms with E-state index in [9.17, 15) is 14.4 Å². The van der Waals surface area contributed by atoms with E-state index in [1.165, 1.54) is 7.11 Å². The van der Waals surface area contributed by atoms with Crippen LogP contribution in [-0.2, 0) is 14.3 Å². The van der Waals surface area contributed by atoms with Crippen molar-refractivity contribution in [1.82, 2.24) is 0 Å². The maximum Gasteiger partial charge on any atom is 0.339 e. The maximum atomic E-state index is 12.3. The zero-order valence-electron chi connectivity index (χ0n) is 14.6. The van der Waals surface area contributed by atoms with Crippen molar-refractivity contribution in [2.45, 2.75) is 46.5 Å². The quantitative estimate of drug-likeness (QED) is 0.772. The van der Waals surface area contributed by atoms with Gasteiger partial charge in [-0.2, -0.15) is 0 Å². The summed E-state index contributed by atoms with van der Waals surface area (Å²) < 4.78 is 5.35. The molecule has 24 heavy (non-hydrogen) atoms. The molecule has 1 saturated carbocycles. The van der Waals surface area contributed by atoms with E-state index < -0.39 is 5.97 Å². The molecule has 6 heteroatoms. The van der Waals surface area contributed by atoms with Gasteiger partial charge in [0.25, 0.3) is 0 Å². The number of methoxy groups -OCH3 is 1. The molecule has 0 heterocycles. The van der Waals surface area contributed by atoms with Gasteiger partial charge in [0.1, 0.15) is 5.78 Å². The predicted molar refractivity (Wildman–Crippen MR) is 97.2 cm³/mol. The van der Waals surface area contributed by atoms with Crippen LogP contribution in [0.3, 0.4) is 0 Å². The topological polar surface area (TPSA) is 72.5 Å². The van der Waals surface area contributed by atoms with Crippen LogP contribution in [0.1, 0.15) is 55.5 Å². The van der Waals surface area contributed by atoms with Crippen LogP contribution in [0.4, 0.5) is 5.69 Å². The van der Waals surface area contributed by atoms with E-state index in [4.69, 9.17) is 4.74 Å². The van der Waals surface area contributed by atoms with Crippen molar-refractivity contribution in [3.8, 4) is 0 Å². The van der Waals surface area contributed by atoms with Crippen LogP contribution in [0.2, 0.25) is 0 Å². The van der Waals surface area contributed by atoms with Gasteiger partial charge in [0.05, 0.1) is 12.7 Å². The monoisotopic (exact) mass is 397 g/mol. The smallest absolute Gasteiger partial charge is 0.339 e. The Kier molecular flexibility index (Phi) is 8.11. The number of rotatable bonds is 3. The highest BCUT2D eigenvalue weighted by atomic mass is 79.9. The fourth-order valence-electron chi connectivity index (χ4n) is 2.51. The molecular weight excluding hydrogens is 374 g/mol. The molecule has 1 aromatic carbocycles. The van der Waals surface area contributed by atoms with E-state index in [1.54, 1.807) is 12.1 Å². The second kappa shape index (κ2) is 9.57. The van der Waals surface area contributed by atoms with Crippen molar-refractivity contribution >= 4 is 39.3 Å². The number of esters is 1. The van der Waals surface area contributed by atoms with Crippen LogP contribution < -0.4 is 5.32 Å². The minimum atomic E-state index is -0.467. The number of halogens is 1. The molecule has 0 bridgehead atoms. The van der Waals surface area contributed by atoms with Crippen molar-refractivity contribution in [3.63, 3.8) is 0 Å². The first-order valence-electron chi connectivity index (χ1n) is 8.13. The number of amides is 1. The van der Waals surface area contributed by atoms with Crippen LogP contribution in [0.15, 0.2) is 16.6 Å². The Labute approximate surface area is 151 Å². The average molecular weight is 398 g/mol. The number of ketones is 1. The highest BCUT2D eigenvalue weighted by Gasteiger charge is 2.25. The van der Waals surface area contributed by atoms with Crippen LogP contribution in [0.25, 0.3) is 0 Å². The molecular formula is C18H24BrNO4. The second-order valence-corrected chi connectivity index (χ2v) is 6.30. The Morgan fingerprint density at radius 1 is 1.21 bits per heavy atom. The van der Waals surface area contributed by atoms with Gasteiger partial charge in [0.15, 0.2) is 0 Å². The summed E-state index contributed by atoms with van der Waals surface area (Å²) in [6.45, 7) is 5.85. The number of anilines is 1. The third-order valence-corrected chi connectivity index (χ3v) is 4.55. The summed E-state index contributed by atoms with van der Waals surface area (Å²) >= 11 is 3.32. The van der Waals surface area contributed by atoms with E-state index >= 15 is 0 Å². The SMILES string of the molecule is CC.COC(=O)c1cc(NC(=O)C2CCC(=O)CC2)c(C)cc1Br. The second-order valence-electron chi connectivity index (χ2n) is 5.44. The zero-order chi connectivity index (χ0) is 18.3. The van der Waals surface area contributed by atoms with Gasteiger partial charge in [0, 0.05) is 28.9 Å². The van der Waals surface area contributed by atoms with Gasteiger partial charge in [-0.05, 0) is 53.4 Å². The average Bonchev–Trinajstić information content (AvgIpc) is 2.59. The fourth-order valence-corrected chi connectivity index (χ4v) is 3.13. The number of ether oxygens (including phenoxy) is 1. The normalized spacial score (nSPS) is 14.5. The third-order valence-electron chi connectivity index (χ3n) is 3.89. The van der Waals surface area contributed by atoms with E-state index in [2.05, 4.69) is 21.2 Å². The lowest BCUT2D eigenvalue weighted by Crippen LogP contribution is -2.27. The molecule has 0 atom stereocenters. The number of hydrogen-bond acceptors (Lipinski definition) is 4. The van der Waals surface area contributed by atoms with Gasteiger partial charge in [0.2, 0.25) is 5.91 Å². The molecule has 5 nitrogen and oxygen atoms in total.